The number of para-hydroxylation sites is 2. The summed E-state index contributed by atoms with van der Waals surface area (Å²) in [4.78, 5) is 32.5. The van der Waals surface area contributed by atoms with E-state index >= 15 is 0 Å². The van der Waals surface area contributed by atoms with Crippen LogP contribution in [0.15, 0.2) is 34.1 Å². The number of nitrogens with one attached hydrogen (secondary N) is 1. The molecular formula is C18H20N2O2S. The molecule has 23 heavy (non-hydrogen) atoms. The first-order chi connectivity index (χ1) is 10.8. The Morgan fingerprint density at radius 2 is 1.96 bits per heavy atom. The average molecular weight is 328 g/mol. The minimum Gasteiger partial charge on any atom is -0.318 e. The van der Waals surface area contributed by atoms with Gasteiger partial charge in [-0.15, -0.1) is 0 Å². The number of aromatic amines is 1. The maximum Gasteiger partial charge on any atom is 0.280 e. The molecule has 2 saturated carbocycles. The van der Waals surface area contributed by atoms with Gasteiger partial charge in [-0.05, 0) is 35.8 Å². The Balaban J connectivity index is 1.76. The van der Waals surface area contributed by atoms with Crippen LogP contribution in [0.4, 0.5) is 0 Å². The first-order valence-corrected chi connectivity index (χ1v) is 8.92. The van der Waals surface area contributed by atoms with Crippen LogP contribution in [0.3, 0.4) is 0 Å². The van der Waals surface area contributed by atoms with Gasteiger partial charge in [0.1, 0.15) is 5.78 Å². The monoisotopic (exact) mass is 328 g/mol. The van der Waals surface area contributed by atoms with Crippen LogP contribution in [0.1, 0.15) is 33.6 Å². The number of carbonyl (C=O) groups excluding carboxylic acids is 1. The third-order valence-electron chi connectivity index (χ3n) is 6.27. The van der Waals surface area contributed by atoms with Crippen molar-refractivity contribution >= 4 is 28.6 Å². The van der Waals surface area contributed by atoms with Gasteiger partial charge in [-0.1, -0.05) is 44.7 Å². The molecule has 0 unspecified atom stereocenters. The number of H-pyrrole nitrogens is 1. The Bertz CT molecular complexity index is 873. The Kier molecular flexibility index (Phi) is 3.05. The number of hydrogen-bond donors (Lipinski definition) is 1. The van der Waals surface area contributed by atoms with Gasteiger partial charge in [-0.25, -0.2) is 4.98 Å². The van der Waals surface area contributed by atoms with Crippen molar-refractivity contribution in [2.75, 3.05) is 0 Å². The molecule has 2 bridgehead atoms. The molecular weight excluding hydrogens is 308 g/mol. The Morgan fingerprint density at radius 1 is 1.22 bits per heavy atom. The summed E-state index contributed by atoms with van der Waals surface area (Å²) < 4.78 is 0. The predicted octanol–water partition coefficient (Wildman–Crippen LogP) is 3.41. The first kappa shape index (κ1) is 14.9. The Morgan fingerprint density at radius 3 is 2.65 bits per heavy atom. The highest BCUT2D eigenvalue weighted by Crippen LogP contribution is 2.66. The number of rotatable bonds is 2. The lowest BCUT2D eigenvalue weighted by atomic mass is 9.71. The zero-order valence-corrected chi connectivity index (χ0v) is 14.4. The molecule has 0 amide bonds. The van der Waals surface area contributed by atoms with Gasteiger partial charge in [0, 0.05) is 5.92 Å². The van der Waals surface area contributed by atoms with E-state index in [4.69, 9.17) is 0 Å². The van der Waals surface area contributed by atoms with Crippen molar-refractivity contribution in [3.05, 3.63) is 34.6 Å². The number of aromatic nitrogens is 2. The number of thioether (sulfide) groups is 1. The van der Waals surface area contributed by atoms with Crippen LogP contribution in [0.5, 0.6) is 0 Å². The average Bonchev–Trinajstić information content (AvgIpc) is 2.81. The Labute approximate surface area is 139 Å². The Hall–Kier alpha value is -1.62. The molecule has 1 heterocycles. The van der Waals surface area contributed by atoms with Crippen LogP contribution in [0.25, 0.3) is 11.0 Å². The summed E-state index contributed by atoms with van der Waals surface area (Å²) in [5, 5.41) is 0.234. The second-order valence-corrected chi connectivity index (χ2v) is 8.61. The van der Waals surface area contributed by atoms with Gasteiger partial charge in [0.05, 0.1) is 16.3 Å². The summed E-state index contributed by atoms with van der Waals surface area (Å²) >= 11 is 1.36. The standard InChI is InChI=1S/C18H20N2O2S/c1-17(2)10-8-9-18(17,3)14(13(10)21)23-16-15(22)19-11-6-4-5-7-12(11)20-16/h4-7,10,14H,8-9H2,1-3H3,(H,19,22)/t10-,14+,18+/m0/s1. The van der Waals surface area contributed by atoms with Gasteiger partial charge in [0.2, 0.25) is 0 Å². The molecule has 2 fully saturated rings. The molecule has 4 rings (SSSR count). The fourth-order valence-corrected chi connectivity index (χ4v) is 5.88. The second kappa shape index (κ2) is 4.69. The number of nitrogens with zero attached hydrogens (tertiary/aromatic N) is 1. The molecule has 1 aromatic heterocycles. The zero-order valence-electron chi connectivity index (χ0n) is 13.6. The third kappa shape index (κ3) is 1.89. The van der Waals surface area contributed by atoms with Gasteiger partial charge in [0.15, 0.2) is 5.03 Å². The van der Waals surface area contributed by atoms with Gasteiger partial charge >= 0.3 is 0 Å². The van der Waals surface area contributed by atoms with E-state index in [2.05, 4.69) is 30.7 Å². The summed E-state index contributed by atoms with van der Waals surface area (Å²) in [6.45, 7) is 6.59. The van der Waals surface area contributed by atoms with Crippen LogP contribution in [0, 0.1) is 16.7 Å². The summed E-state index contributed by atoms with van der Waals surface area (Å²) in [6, 6.07) is 7.49. The number of ketones is 1. The summed E-state index contributed by atoms with van der Waals surface area (Å²) in [7, 11) is 0. The fraction of sp³-hybridized carbons (Fsp3) is 0.500. The highest BCUT2D eigenvalue weighted by Gasteiger charge is 2.66. The molecule has 1 aromatic carbocycles. The van der Waals surface area contributed by atoms with E-state index in [1.54, 1.807) is 0 Å². The van der Waals surface area contributed by atoms with Crippen molar-refractivity contribution in [2.24, 2.45) is 16.7 Å². The number of fused-ring (bicyclic) bond motifs is 3. The highest BCUT2D eigenvalue weighted by molar-refractivity contribution is 8.00. The van der Waals surface area contributed by atoms with Crippen LogP contribution in [-0.2, 0) is 4.79 Å². The second-order valence-electron chi connectivity index (χ2n) is 7.52. The molecule has 0 radical (unpaired) electrons. The third-order valence-corrected chi connectivity index (χ3v) is 7.76. The van der Waals surface area contributed by atoms with E-state index < -0.39 is 0 Å². The van der Waals surface area contributed by atoms with Crippen LogP contribution < -0.4 is 5.56 Å². The molecule has 0 spiro atoms. The number of hydrogen-bond acceptors (Lipinski definition) is 4. The van der Waals surface area contributed by atoms with E-state index in [-0.39, 0.29) is 27.6 Å². The zero-order chi connectivity index (χ0) is 16.4. The lowest BCUT2D eigenvalue weighted by Gasteiger charge is -2.37. The van der Waals surface area contributed by atoms with Crippen LogP contribution >= 0.6 is 11.8 Å². The molecule has 0 aliphatic heterocycles. The van der Waals surface area contributed by atoms with E-state index in [1.165, 1.54) is 11.8 Å². The van der Waals surface area contributed by atoms with Crippen molar-refractivity contribution in [2.45, 2.75) is 43.9 Å². The maximum atomic E-state index is 12.8. The van der Waals surface area contributed by atoms with Crippen molar-refractivity contribution < 1.29 is 4.79 Å². The van der Waals surface area contributed by atoms with Crippen molar-refractivity contribution in [3.8, 4) is 0 Å². The molecule has 4 nitrogen and oxygen atoms in total. The van der Waals surface area contributed by atoms with Gasteiger partial charge in [-0.2, -0.15) is 0 Å². The number of benzene rings is 1. The fourth-order valence-electron chi connectivity index (χ4n) is 4.38. The smallest absolute Gasteiger partial charge is 0.280 e. The van der Waals surface area contributed by atoms with Crippen molar-refractivity contribution in [3.63, 3.8) is 0 Å². The van der Waals surface area contributed by atoms with E-state index in [0.717, 1.165) is 23.9 Å². The lowest BCUT2D eigenvalue weighted by Crippen LogP contribution is -2.36. The van der Waals surface area contributed by atoms with E-state index in [1.807, 2.05) is 24.3 Å². The molecule has 2 aliphatic carbocycles. The van der Waals surface area contributed by atoms with Gasteiger partial charge in [0.25, 0.3) is 5.56 Å². The van der Waals surface area contributed by atoms with Crippen LogP contribution in [0.2, 0.25) is 0 Å². The van der Waals surface area contributed by atoms with Crippen molar-refractivity contribution in [1.82, 2.24) is 9.97 Å². The summed E-state index contributed by atoms with van der Waals surface area (Å²) in [6.07, 6.45) is 2.01. The topological polar surface area (TPSA) is 62.8 Å². The number of carbonyl (C=O) groups is 1. The highest BCUT2D eigenvalue weighted by atomic mass is 32.2. The lowest BCUT2D eigenvalue weighted by molar-refractivity contribution is -0.122. The molecule has 5 heteroatoms. The SMILES string of the molecule is CC1(C)[C@H]2CC[C@]1(C)[C@H](Sc1nc3ccccc3[nH]c1=O)C2=O. The van der Waals surface area contributed by atoms with Crippen LogP contribution in [-0.4, -0.2) is 21.0 Å². The maximum absolute atomic E-state index is 12.8. The van der Waals surface area contributed by atoms with Gasteiger partial charge in [-0.3, -0.25) is 9.59 Å². The molecule has 3 atom stereocenters. The molecule has 120 valence electrons. The molecule has 2 aromatic rings. The number of Topliss-reactive ketones (excluding diaryl/α,β-unsaturated/α-hetero) is 1. The predicted molar refractivity (Wildman–Crippen MR) is 91.6 cm³/mol. The summed E-state index contributed by atoms with van der Waals surface area (Å²) in [5.41, 5.74) is 1.21. The molecule has 2 aliphatic rings. The minimum atomic E-state index is -0.203. The van der Waals surface area contributed by atoms with Gasteiger partial charge < -0.3 is 4.98 Å². The van der Waals surface area contributed by atoms with E-state index in [9.17, 15) is 9.59 Å². The molecule has 0 saturated heterocycles. The van der Waals surface area contributed by atoms with E-state index in [0.29, 0.717) is 10.8 Å². The molecule has 1 N–H and O–H groups in total. The quantitative estimate of drug-likeness (QED) is 0.917. The largest absolute Gasteiger partial charge is 0.318 e. The van der Waals surface area contributed by atoms with Crippen molar-refractivity contribution in [1.29, 1.82) is 0 Å². The minimum absolute atomic E-state index is 0.00857. The normalized spacial score (nSPS) is 31.9. The first-order valence-electron chi connectivity index (χ1n) is 8.04. The summed E-state index contributed by atoms with van der Waals surface area (Å²) in [5.74, 6) is 0.410.